The first-order valence-electron chi connectivity index (χ1n) is 5.74. The van der Waals surface area contributed by atoms with Gasteiger partial charge in [-0.15, -0.1) is 0 Å². The Morgan fingerprint density at radius 2 is 2.12 bits per heavy atom. The third-order valence-electron chi connectivity index (χ3n) is 2.86. The number of pyridine rings is 1. The molecule has 2 rings (SSSR count). The van der Waals surface area contributed by atoms with E-state index in [4.69, 9.17) is 0 Å². The molecule has 0 aromatic carbocycles. The van der Waals surface area contributed by atoms with Gasteiger partial charge in [0.05, 0.1) is 0 Å². The van der Waals surface area contributed by atoms with Crippen molar-refractivity contribution in [2.75, 3.05) is 13.1 Å². The second-order valence-corrected chi connectivity index (χ2v) is 4.08. The fourth-order valence-electron chi connectivity index (χ4n) is 1.95. The van der Waals surface area contributed by atoms with Gasteiger partial charge in [0, 0.05) is 31.4 Å². The predicted molar refractivity (Wildman–Crippen MR) is 63.0 cm³/mol. The monoisotopic (exact) mass is 230 g/mol. The average molecular weight is 230 g/mol. The van der Waals surface area contributed by atoms with Crippen molar-refractivity contribution in [1.82, 2.24) is 9.88 Å². The molecule has 0 saturated carbocycles. The van der Waals surface area contributed by atoms with Crippen LogP contribution in [0.2, 0.25) is 0 Å². The SMILES string of the molecule is O=C=C(Cc1ccccn1)C(=O)N1CCCC1. The summed E-state index contributed by atoms with van der Waals surface area (Å²) in [6.45, 7) is 1.48. The summed E-state index contributed by atoms with van der Waals surface area (Å²) in [6, 6.07) is 5.44. The Hall–Kier alpha value is -1.93. The molecule has 1 fully saturated rings. The summed E-state index contributed by atoms with van der Waals surface area (Å²) >= 11 is 0. The molecule has 0 radical (unpaired) electrons. The molecule has 1 amide bonds. The van der Waals surface area contributed by atoms with Crippen molar-refractivity contribution in [3.8, 4) is 0 Å². The Morgan fingerprint density at radius 1 is 1.35 bits per heavy atom. The summed E-state index contributed by atoms with van der Waals surface area (Å²) in [5, 5.41) is 0. The van der Waals surface area contributed by atoms with E-state index in [0.29, 0.717) is 0 Å². The molecular formula is C13H14N2O2. The molecule has 4 heteroatoms. The largest absolute Gasteiger partial charge is 0.338 e. The average Bonchev–Trinajstić information content (AvgIpc) is 2.90. The normalized spacial score (nSPS) is 14.5. The maximum atomic E-state index is 12.0. The van der Waals surface area contributed by atoms with E-state index >= 15 is 0 Å². The fraction of sp³-hybridized carbons (Fsp3) is 0.385. The van der Waals surface area contributed by atoms with Gasteiger partial charge in [0.2, 0.25) is 0 Å². The van der Waals surface area contributed by atoms with Crippen LogP contribution in [0.15, 0.2) is 30.0 Å². The summed E-state index contributed by atoms with van der Waals surface area (Å²) in [4.78, 5) is 28.7. The van der Waals surface area contributed by atoms with E-state index in [1.807, 2.05) is 6.07 Å². The Bertz CT molecular complexity index is 444. The summed E-state index contributed by atoms with van der Waals surface area (Å²) in [7, 11) is 0. The van der Waals surface area contributed by atoms with Crippen LogP contribution in [0.3, 0.4) is 0 Å². The van der Waals surface area contributed by atoms with Crippen LogP contribution in [0.1, 0.15) is 18.5 Å². The second-order valence-electron chi connectivity index (χ2n) is 4.08. The molecule has 0 N–H and O–H groups in total. The van der Waals surface area contributed by atoms with Crippen molar-refractivity contribution in [1.29, 1.82) is 0 Å². The molecule has 1 aliphatic heterocycles. The van der Waals surface area contributed by atoms with Crippen molar-refractivity contribution in [2.45, 2.75) is 19.3 Å². The molecule has 17 heavy (non-hydrogen) atoms. The maximum Gasteiger partial charge on any atom is 0.261 e. The predicted octanol–water partition coefficient (Wildman–Crippen LogP) is 1.00. The number of likely N-dealkylation sites (tertiary alicyclic amines) is 1. The van der Waals surface area contributed by atoms with Gasteiger partial charge in [-0.2, -0.15) is 0 Å². The van der Waals surface area contributed by atoms with Gasteiger partial charge >= 0.3 is 0 Å². The van der Waals surface area contributed by atoms with E-state index in [0.717, 1.165) is 31.6 Å². The summed E-state index contributed by atoms with van der Waals surface area (Å²) in [6.07, 6.45) is 3.95. The number of carbonyl (C=O) groups excluding carboxylic acids is 2. The van der Waals surface area contributed by atoms with E-state index in [2.05, 4.69) is 4.98 Å². The van der Waals surface area contributed by atoms with Gasteiger partial charge in [0.25, 0.3) is 5.91 Å². The van der Waals surface area contributed by atoms with Gasteiger partial charge in [-0.05, 0) is 25.0 Å². The number of rotatable bonds is 3. The van der Waals surface area contributed by atoms with E-state index in [-0.39, 0.29) is 17.9 Å². The molecule has 0 spiro atoms. The highest BCUT2D eigenvalue weighted by Crippen LogP contribution is 2.12. The quantitative estimate of drug-likeness (QED) is 0.575. The highest BCUT2D eigenvalue weighted by Gasteiger charge is 2.22. The highest BCUT2D eigenvalue weighted by molar-refractivity contribution is 6.01. The van der Waals surface area contributed by atoms with Crippen molar-refractivity contribution in [3.63, 3.8) is 0 Å². The molecule has 0 aliphatic carbocycles. The first-order valence-corrected chi connectivity index (χ1v) is 5.74. The molecule has 1 saturated heterocycles. The van der Waals surface area contributed by atoms with E-state index in [1.165, 1.54) is 0 Å². The lowest BCUT2D eigenvalue weighted by Gasteiger charge is -2.15. The van der Waals surface area contributed by atoms with E-state index in [1.54, 1.807) is 29.2 Å². The van der Waals surface area contributed by atoms with Gasteiger partial charge in [0.15, 0.2) is 0 Å². The van der Waals surface area contributed by atoms with Crippen LogP contribution in [0.4, 0.5) is 0 Å². The molecule has 1 aromatic heterocycles. The van der Waals surface area contributed by atoms with Crippen LogP contribution >= 0.6 is 0 Å². The first kappa shape index (κ1) is 11.6. The molecule has 1 aliphatic rings. The Kier molecular flexibility index (Phi) is 3.68. The lowest BCUT2D eigenvalue weighted by Crippen LogP contribution is -2.30. The third-order valence-corrected chi connectivity index (χ3v) is 2.86. The zero-order chi connectivity index (χ0) is 12.1. The topological polar surface area (TPSA) is 50.3 Å². The van der Waals surface area contributed by atoms with Gasteiger partial charge < -0.3 is 4.90 Å². The molecule has 2 heterocycles. The van der Waals surface area contributed by atoms with Crippen molar-refractivity contribution in [3.05, 3.63) is 35.7 Å². The summed E-state index contributed by atoms with van der Waals surface area (Å²) in [5.41, 5.74) is 0.893. The fourth-order valence-corrected chi connectivity index (χ4v) is 1.95. The van der Waals surface area contributed by atoms with Crippen LogP contribution in [0.25, 0.3) is 0 Å². The minimum atomic E-state index is -0.192. The molecule has 88 valence electrons. The van der Waals surface area contributed by atoms with Crippen LogP contribution in [-0.2, 0) is 16.0 Å². The van der Waals surface area contributed by atoms with Crippen molar-refractivity contribution in [2.24, 2.45) is 0 Å². The molecule has 1 aromatic rings. The Morgan fingerprint density at radius 3 is 2.71 bits per heavy atom. The number of nitrogens with zero attached hydrogens (tertiary/aromatic N) is 2. The van der Waals surface area contributed by atoms with Crippen LogP contribution in [0.5, 0.6) is 0 Å². The number of aromatic nitrogens is 1. The lowest BCUT2D eigenvalue weighted by molar-refractivity contribution is -0.126. The van der Waals surface area contributed by atoms with Crippen LogP contribution < -0.4 is 0 Å². The highest BCUT2D eigenvalue weighted by atomic mass is 16.2. The van der Waals surface area contributed by atoms with Gasteiger partial charge in [-0.1, -0.05) is 6.07 Å². The van der Waals surface area contributed by atoms with Crippen LogP contribution in [0, 0.1) is 0 Å². The summed E-state index contributed by atoms with van der Waals surface area (Å²) < 4.78 is 0. The first-order chi connectivity index (χ1) is 8.31. The molecule has 0 bridgehead atoms. The maximum absolute atomic E-state index is 12.0. The molecule has 4 nitrogen and oxygen atoms in total. The Labute approximate surface area is 100.0 Å². The van der Waals surface area contributed by atoms with E-state index in [9.17, 15) is 9.59 Å². The Balaban J connectivity index is 2.07. The minimum Gasteiger partial charge on any atom is -0.338 e. The zero-order valence-electron chi connectivity index (χ0n) is 9.56. The number of hydrogen-bond donors (Lipinski definition) is 0. The third kappa shape index (κ3) is 2.80. The van der Waals surface area contributed by atoms with E-state index < -0.39 is 0 Å². The smallest absolute Gasteiger partial charge is 0.261 e. The summed E-state index contributed by atoms with van der Waals surface area (Å²) in [5.74, 6) is 1.57. The minimum absolute atomic E-state index is 0.172. The second kappa shape index (κ2) is 5.41. The number of hydrogen-bond acceptors (Lipinski definition) is 3. The zero-order valence-corrected chi connectivity index (χ0v) is 9.56. The number of carbonyl (C=O) groups is 1. The van der Waals surface area contributed by atoms with Crippen molar-refractivity contribution < 1.29 is 9.59 Å². The molecule has 0 unspecified atom stereocenters. The van der Waals surface area contributed by atoms with Gasteiger partial charge in [-0.25, -0.2) is 4.79 Å². The van der Waals surface area contributed by atoms with Crippen molar-refractivity contribution >= 4 is 11.8 Å². The van der Waals surface area contributed by atoms with Gasteiger partial charge in [0.1, 0.15) is 11.5 Å². The molecular weight excluding hydrogens is 216 g/mol. The van der Waals surface area contributed by atoms with Gasteiger partial charge in [-0.3, -0.25) is 9.78 Å². The standard InChI is InChI=1S/C13H14N2O2/c16-10-11(9-12-5-1-2-6-14-12)13(17)15-7-3-4-8-15/h1-2,5-6H,3-4,7-9H2. The molecule has 0 atom stereocenters. The number of amides is 1. The lowest BCUT2D eigenvalue weighted by atomic mass is 10.1. The van der Waals surface area contributed by atoms with Crippen LogP contribution in [-0.4, -0.2) is 34.8 Å².